The van der Waals surface area contributed by atoms with E-state index in [4.69, 9.17) is 11.6 Å². The average molecular weight is 500 g/mol. The SMILES string of the molecule is O=C(CCNS(=O)(=O)c1ccc(Cl)c(C(F)(F)F)c1)NCC(=O)Nc1ccc(F)c(F)c1. The Morgan fingerprint density at radius 3 is 2.28 bits per heavy atom. The van der Waals surface area contributed by atoms with Gasteiger partial charge in [0, 0.05) is 24.7 Å². The normalized spacial score (nSPS) is 11.8. The number of rotatable bonds is 8. The lowest BCUT2D eigenvalue weighted by Crippen LogP contribution is -2.35. The molecule has 0 aliphatic heterocycles. The second-order valence-electron chi connectivity index (χ2n) is 6.24. The van der Waals surface area contributed by atoms with E-state index in [1.54, 1.807) is 0 Å². The Morgan fingerprint density at radius 2 is 1.66 bits per heavy atom. The zero-order chi connectivity index (χ0) is 24.1. The van der Waals surface area contributed by atoms with Crippen molar-refractivity contribution in [1.82, 2.24) is 10.0 Å². The molecular weight excluding hydrogens is 485 g/mol. The lowest BCUT2D eigenvalue weighted by atomic mass is 10.2. The number of anilines is 1. The molecule has 0 radical (unpaired) electrons. The minimum Gasteiger partial charge on any atom is -0.347 e. The number of sulfonamides is 1. The largest absolute Gasteiger partial charge is 0.417 e. The molecule has 0 heterocycles. The van der Waals surface area contributed by atoms with Crippen molar-refractivity contribution in [2.75, 3.05) is 18.4 Å². The lowest BCUT2D eigenvalue weighted by Gasteiger charge is -2.12. The summed E-state index contributed by atoms with van der Waals surface area (Å²) in [4.78, 5) is 22.8. The Morgan fingerprint density at radius 1 is 0.969 bits per heavy atom. The Hall–Kier alpha value is -2.77. The van der Waals surface area contributed by atoms with Crippen LogP contribution in [0.2, 0.25) is 5.02 Å². The maximum Gasteiger partial charge on any atom is 0.417 e. The van der Waals surface area contributed by atoms with Crippen molar-refractivity contribution in [3.63, 3.8) is 0 Å². The van der Waals surface area contributed by atoms with Gasteiger partial charge in [-0.1, -0.05) is 11.6 Å². The van der Waals surface area contributed by atoms with Crippen LogP contribution in [0.4, 0.5) is 27.6 Å². The molecular formula is C18H15ClF5N3O4S. The van der Waals surface area contributed by atoms with Gasteiger partial charge in [0.15, 0.2) is 11.6 Å². The first-order valence-corrected chi connectivity index (χ1v) is 10.5. The minimum absolute atomic E-state index is 0.0444. The third kappa shape index (κ3) is 7.14. The van der Waals surface area contributed by atoms with Crippen molar-refractivity contribution in [1.29, 1.82) is 0 Å². The number of nitrogens with one attached hydrogen (secondary N) is 3. The number of hydrogen-bond donors (Lipinski definition) is 3. The lowest BCUT2D eigenvalue weighted by molar-refractivity contribution is -0.137. The number of halogens is 6. The number of benzene rings is 2. The predicted molar refractivity (Wildman–Crippen MR) is 104 cm³/mol. The van der Waals surface area contributed by atoms with Crippen molar-refractivity contribution in [3.05, 3.63) is 58.6 Å². The van der Waals surface area contributed by atoms with Crippen molar-refractivity contribution in [2.24, 2.45) is 0 Å². The van der Waals surface area contributed by atoms with Crippen molar-refractivity contribution >= 4 is 39.1 Å². The van der Waals surface area contributed by atoms with Gasteiger partial charge < -0.3 is 10.6 Å². The number of carbonyl (C=O) groups is 2. The van der Waals surface area contributed by atoms with Gasteiger partial charge in [0.05, 0.1) is 22.0 Å². The molecule has 7 nitrogen and oxygen atoms in total. The summed E-state index contributed by atoms with van der Waals surface area (Å²) in [5.41, 5.74) is -1.37. The van der Waals surface area contributed by atoms with E-state index in [-0.39, 0.29) is 5.69 Å². The summed E-state index contributed by atoms with van der Waals surface area (Å²) in [7, 11) is -4.37. The second kappa shape index (κ2) is 10.2. The summed E-state index contributed by atoms with van der Waals surface area (Å²) in [5.74, 6) is -3.79. The van der Waals surface area contributed by atoms with Gasteiger partial charge >= 0.3 is 6.18 Å². The van der Waals surface area contributed by atoms with Crippen molar-refractivity contribution in [2.45, 2.75) is 17.5 Å². The smallest absolute Gasteiger partial charge is 0.347 e. The van der Waals surface area contributed by atoms with Crippen LogP contribution in [-0.2, 0) is 25.8 Å². The van der Waals surface area contributed by atoms with Gasteiger partial charge in [-0.25, -0.2) is 21.9 Å². The highest BCUT2D eigenvalue weighted by Gasteiger charge is 2.34. The topological polar surface area (TPSA) is 104 Å². The number of amides is 2. The third-order valence-electron chi connectivity index (χ3n) is 3.85. The Balaban J connectivity index is 1.84. The molecule has 0 aliphatic rings. The van der Waals surface area contributed by atoms with Gasteiger partial charge in [-0.3, -0.25) is 9.59 Å². The molecule has 174 valence electrons. The second-order valence-corrected chi connectivity index (χ2v) is 8.42. The molecule has 0 bridgehead atoms. The zero-order valence-corrected chi connectivity index (χ0v) is 17.5. The highest BCUT2D eigenvalue weighted by molar-refractivity contribution is 7.89. The molecule has 2 aromatic rings. The van der Waals surface area contributed by atoms with Gasteiger partial charge in [-0.2, -0.15) is 13.2 Å². The fraction of sp³-hybridized carbons (Fsp3) is 0.222. The average Bonchev–Trinajstić information content (AvgIpc) is 2.68. The van der Waals surface area contributed by atoms with Gasteiger partial charge in [-0.15, -0.1) is 0 Å². The van der Waals surface area contributed by atoms with E-state index >= 15 is 0 Å². The summed E-state index contributed by atoms with van der Waals surface area (Å²) in [6.45, 7) is -1.01. The zero-order valence-electron chi connectivity index (χ0n) is 15.9. The fourth-order valence-electron chi connectivity index (χ4n) is 2.32. The molecule has 14 heteroatoms. The summed E-state index contributed by atoms with van der Waals surface area (Å²) < 4.78 is 90.8. The van der Waals surface area contributed by atoms with Crippen LogP contribution in [-0.4, -0.2) is 33.3 Å². The fourth-order valence-corrected chi connectivity index (χ4v) is 3.60. The molecule has 2 rings (SSSR count). The van der Waals surface area contributed by atoms with E-state index in [9.17, 15) is 40.0 Å². The summed E-state index contributed by atoms with van der Waals surface area (Å²) in [6, 6.07) is 4.68. The van der Waals surface area contributed by atoms with E-state index in [1.807, 2.05) is 4.72 Å². The number of hydrogen-bond acceptors (Lipinski definition) is 4. The van der Waals surface area contributed by atoms with Gasteiger partial charge in [0.1, 0.15) is 0 Å². The molecule has 3 N–H and O–H groups in total. The molecule has 0 fully saturated rings. The first-order valence-electron chi connectivity index (χ1n) is 8.67. The highest BCUT2D eigenvalue weighted by Crippen LogP contribution is 2.35. The maximum absolute atomic E-state index is 13.1. The summed E-state index contributed by atoms with van der Waals surface area (Å²) in [6.07, 6.45) is -5.29. The Bertz CT molecular complexity index is 1130. The van der Waals surface area contributed by atoms with Gasteiger partial charge in [-0.05, 0) is 30.3 Å². The van der Waals surface area contributed by atoms with Crippen LogP contribution in [0, 0.1) is 11.6 Å². The molecule has 0 atom stereocenters. The minimum atomic E-state index is -4.86. The molecule has 0 saturated carbocycles. The van der Waals surface area contributed by atoms with Crippen molar-refractivity contribution < 1.29 is 40.0 Å². The molecule has 0 saturated heterocycles. The highest BCUT2D eigenvalue weighted by atomic mass is 35.5. The number of carbonyl (C=O) groups excluding carboxylic acids is 2. The molecule has 0 spiro atoms. The monoisotopic (exact) mass is 499 g/mol. The van der Waals surface area contributed by atoms with Crippen LogP contribution in [0.5, 0.6) is 0 Å². The van der Waals surface area contributed by atoms with Crippen molar-refractivity contribution in [3.8, 4) is 0 Å². The van der Waals surface area contributed by atoms with Crippen LogP contribution < -0.4 is 15.4 Å². The van der Waals surface area contributed by atoms with E-state index in [0.29, 0.717) is 6.07 Å². The Labute approximate surface area is 184 Å². The first-order chi connectivity index (χ1) is 14.8. The molecule has 2 aromatic carbocycles. The quantitative estimate of drug-likeness (QED) is 0.486. The van der Waals surface area contributed by atoms with Crippen LogP contribution in [0.15, 0.2) is 41.3 Å². The van der Waals surface area contributed by atoms with Crippen LogP contribution in [0.3, 0.4) is 0 Å². The summed E-state index contributed by atoms with van der Waals surface area (Å²) >= 11 is 5.45. The summed E-state index contributed by atoms with van der Waals surface area (Å²) in [5, 5.41) is 3.72. The van der Waals surface area contributed by atoms with E-state index in [2.05, 4.69) is 10.6 Å². The molecule has 0 aliphatic carbocycles. The molecule has 2 amide bonds. The van der Waals surface area contributed by atoms with E-state index in [0.717, 1.165) is 30.3 Å². The first kappa shape index (κ1) is 25.5. The molecule has 0 unspecified atom stereocenters. The van der Waals surface area contributed by atoms with E-state index in [1.165, 1.54) is 0 Å². The predicted octanol–water partition coefficient (Wildman–Crippen LogP) is 3.06. The molecule has 32 heavy (non-hydrogen) atoms. The molecule has 0 aromatic heterocycles. The van der Waals surface area contributed by atoms with E-state index < -0.39 is 74.6 Å². The number of alkyl halides is 3. The van der Waals surface area contributed by atoms with Gasteiger partial charge in [0.25, 0.3) is 0 Å². The van der Waals surface area contributed by atoms with Crippen LogP contribution >= 0.6 is 11.6 Å². The van der Waals surface area contributed by atoms with Gasteiger partial charge in [0.2, 0.25) is 21.8 Å². The third-order valence-corrected chi connectivity index (χ3v) is 5.64. The standard InChI is InChI=1S/C18H15ClF5N3O4S/c19-13-3-2-11(8-12(13)18(22,23)24)32(30,31)26-6-5-16(28)25-9-17(29)27-10-1-4-14(20)15(21)7-10/h1-4,7-8,26H,5-6,9H2,(H,25,28)(H,27,29). The Kier molecular flexibility index (Phi) is 8.15. The maximum atomic E-state index is 13.1. The van der Waals surface area contributed by atoms with Crippen LogP contribution in [0.25, 0.3) is 0 Å². The van der Waals surface area contributed by atoms with Crippen LogP contribution in [0.1, 0.15) is 12.0 Å².